The number of carbonyl (C=O) groups excluding carboxylic acids is 1. The van der Waals surface area contributed by atoms with Gasteiger partial charge in [-0.1, -0.05) is 18.2 Å². The lowest BCUT2D eigenvalue weighted by Crippen LogP contribution is -2.48. The van der Waals surface area contributed by atoms with Crippen LogP contribution in [0.5, 0.6) is 11.5 Å². The van der Waals surface area contributed by atoms with Gasteiger partial charge in [-0.3, -0.25) is 4.79 Å². The summed E-state index contributed by atoms with van der Waals surface area (Å²) in [4.78, 5) is 16.6. The van der Waals surface area contributed by atoms with E-state index in [1.54, 1.807) is 17.0 Å². The lowest BCUT2D eigenvalue weighted by Gasteiger charge is -2.36. The zero-order chi connectivity index (χ0) is 19.2. The number of nitrogens with zero attached hydrogens (tertiary/aromatic N) is 2. The van der Waals surface area contributed by atoms with Crippen molar-refractivity contribution >= 4 is 11.6 Å². The number of hydrogen-bond donors (Lipinski definition) is 0. The largest absolute Gasteiger partial charge is 0.492 e. The predicted octanol–water partition coefficient (Wildman–Crippen LogP) is 3.65. The zero-order valence-corrected chi connectivity index (χ0v) is 15.1. The van der Waals surface area contributed by atoms with Crippen molar-refractivity contribution < 1.29 is 23.0 Å². The maximum atomic E-state index is 12.7. The molecule has 144 valence electrons. The van der Waals surface area contributed by atoms with Gasteiger partial charge in [-0.2, -0.15) is 8.78 Å². The van der Waals surface area contributed by atoms with Crippen LogP contribution in [-0.4, -0.2) is 50.2 Å². The van der Waals surface area contributed by atoms with Crippen LogP contribution >= 0.6 is 0 Å². The molecule has 1 saturated heterocycles. The quantitative estimate of drug-likeness (QED) is 0.772. The van der Waals surface area contributed by atoms with Crippen LogP contribution in [0.2, 0.25) is 0 Å². The molecule has 0 aromatic heterocycles. The fraction of sp³-hybridized carbons (Fsp3) is 0.350. The Kier molecular flexibility index (Phi) is 6.11. The second kappa shape index (κ2) is 8.70. The van der Waals surface area contributed by atoms with Crippen LogP contribution in [0.1, 0.15) is 17.3 Å². The second-order valence-corrected chi connectivity index (χ2v) is 6.09. The molecule has 0 saturated carbocycles. The van der Waals surface area contributed by atoms with Gasteiger partial charge in [0.1, 0.15) is 11.5 Å². The molecule has 1 aliphatic rings. The molecule has 0 unspecified atom stereocenters. The highest BCUT2D eigenvalue weighted by Gasteiger charge is 2.24. The van der Waals surface area contributed by atoms with E-state index in [1.807, 2.05) is 31.2 Å². The number of para-hydroxylation sites is 2. The van der Waals surface area contributed by atoms with E-state index in [9.17, 15) is 13.6 Å². The van der Waals surface area contributed by atoms with Crippen LogP contribution < -0.4 is 14.4 Å². The van der Waals surface area contributed by atoms with E-state index >= 15 is 0 Å². The van der Waals surface area contributed by atoms with Gasteiger partial charge in [-0.25, -0.2) is 0 Å². The third kappa shape index (κ3) is 4.67. The van der Waals surface area contributed by atoms with Crippen LogP contribution in [0.25, 0.3) is 0 Å². The molecule has 1 fully saturated rings. The first kappa shape index (κ1) is 18.9. The monoisotopic (exact) mass is 376 g/mol. The smallest absolute Gasteiger partial charge is 0.387 e. The average molecular weight is 376 g/mol. The van der Waals surface area contributed by atoms with Crippen molar-refractivity contribution in [3.05, 3.63) is 54.1 Å². The van der Waals surface area contributed by atoms with Gasteiger partial charge in [0.25, 0.3) is 5.91 Å². The first-order chi connectivity index (χ1) is 13.1. The van der Waals surface area contributed by atoms with Crippen molar-refractivity contribution in [2.45, 2.75) is 13.5 Å². The van der Waals surface area contributed by atoms with Crippen LogP contribution in [0.4, 0.5) is 14.5 Å². The van der Waals surface area contributed by atoms with Crippen molar-refractivity contribution in [3.8, 4) is 11.5 Å². The van der Waals surface area contributed by atoms with Crippen molar-refractivity contribution in [1.29, 1.82) is 0 Å². The van der Waals surface area contributed by atoms with Crippen LogP contribution in [-0.2, 0) is 0 Å². The van der Waals surface area contributed by atoms with Crippen LogP contribution in [0.3, 0.4) is 0 Å². The SMILES string of the molecule is CCOc1ccccc1N1CCN(C(=O)c2cccc(OC(F)F)c2)CC1. The summed E-state index contributed by atoms with van der Waals surface area (Å²) in [6.45, 7) is 2.04. The summed E-state index contributed by atoms with van der Waals surface area (Å²) in [7, 11) is 0. The molecule has 0 bridgehead atoms. The van der Waals surface area contributed by atoms with E-state index in [1.165, 1.54) is 12.1 Å². The Bertz CT molecular complexity index is 777. The number of benzene rings is 2. The Balaban J connectivity index is 1.65. The molecule has 1 aliphatic heterocycles. The fourth-order valence-electron chi connectivity index (χ4n) is 3.13. The third-order valence-corrected chi connectivity index (χ3v) is 4.38. The van der Waals surface area contributed by atoms with Crippen molar-refractivity contribution in [2.24, 2.45) is 0 Å². The van der Waals surface area contributed by atoms with E-state index < -0.39 is 6.61 Å². The topological polar surface area (TPSA) is 42.0 Å². The molecule has 0 atom stereocenters. The molecule has 0 spiro atoms. The molecule has 3 rings (SSSR count). The van der Waals surface area contributed by atoms with E-state index in [0.29, 0.717) is 38.3 Å². The number of rotatable bonds is 6. The summed E-state index contributed by atoms with van der Waals surface area (Å²) in [6.07, 6.45) is 0. The summed E-state index contributed by atoms with van der Waals surface area (Å²) in [5.41, 5.74) is 1.36. The Morgan fingerprint density at radius 3 is 2.52 bits per heavy atom. The highest BCUT2D eigenvalue weighted by molar-refractivity contribution is 5.94. The van der Waals surface area contributed by atoms with E-state index in [2.05, 4.69) is 9.64 Å². The van der Waals surface area contributed by atoms with Gasteiger partial charge in [0.05, 0.1) is 12.3 Å². The average Bonchev–Trinajstić information content (AvgIpc) is 2.68. The maximum Gasteiger partial charge on any atom is 0.387 e. The second-order valence-electron chi connectivity index (χ2n) is 6.09. The highest BCUT2D eigenvalue weighted by atomic mass is 19.3. The molecule has 5 nitrogen and oxygen atoms in total. The summed E-state index contributed by atoms with van der Waals surface area (Å²) in [5.74, 6) is 0.629. The van der Waals surface area contributed by atoms with Gasteiger partial charge < -0.3 is 19.3 Å². The van der Waals surface area contributed by atoms with E-state index in [4.69, 9.17) is 4.74 Å². The molecule has 7 heteroatoms. The predicted molar refractivity (Wildman–Crippen MR) is 98.8 cm³/mol. The van der Waals surface area contributed by atoms with Crippen LogP contribution in [0.15, 0.2) is 48.5 Å². The lowest BCUT2D eigenvalue weighted by molar-refractivity contribution is -0.0499. The van der Waals surface area contributed by atoms with Crippen LogP contribution in [0, 0.1) is 0 Å². The van der Waals surface area contributed by atoms with Crippen molar-refractivity contribution in [1.82, 2.24) is 4.90 Å². The number of alkyl halides is 2. The molecular formula is C20H22F2N2O3. The minimum absolute atomic E-state index is 0.0138. The van der Waals surface area contributed by atoms with E-state index in [-0.39, 0.29) is 11.7 Å². The number of carbonyl (C=O) groups is 1. The third-order valence-electron chi connectivity index (χ3n) is 4.38. The summed E-state index contributed by atoms with van der Waals surface area (Å²) in [5, 5.41) is 0. The van der Waals surface area contributed by atoms with Gasteiger partial charge in [-0.05, 0) is 37.3 Å². The van der Waals surface area contributed by atoms with Gasteiger partial charge in [0, 0.05) is 31.7 Å². The molecule has 2 aromatic rings. The molecule has 2 aromatic carbocycles. The number of anilines is 1. The maximum absolute atomic E-state index is 12.7. The molecular weight excluding hydrogens is 354 g/mol. The van der Waals surface area contributed by atoms with Crippen molar-refractivity contribution in [3.63, 3.8) is 0 Å². The summed E-state index contributed by atoms with van der Waals surface area (Å²) < 4.78 is 34.8. The molecule has 0 radical (unpaired) electrons. The molecule has 0 aliphatic carbocycles. The highest BCUT2D eigenvalue weighted by Crippen LogP contribution is 2.29. The van der Waals surface area contributed by atoms with Gasteiger partial charge in [-0.15, -0.1) is 0 Å². The summed E-state index contributed by atoms with van der Waals surface area (Å²) in [6, 6.07) is 13.7. The Morgan fingerprint density at radius 1 is 1.07 bits per heavy atom. The van der Waals surface area contributed by atoms with Crippen molar-refractivity contribution in [2.75, 3.05) is 37.7 Å². The molecule has 1 amide bonds. The molecule has 27 heavy (non-hydrogen) atoms. The van der Waals surface area contributed by atoms with Gasteiger partial charge >= 0.3 is 6.61 Å². The lowest BCUT2D eigenvalue weighted by atomic mass is 10.1. The first-order valence-corrected chi connectivity index (χ1v) is 8.89. The molecule has 1 heterocycles. The number of hydrogen-bond acceptors (Lipinski definition) is 4. The summed E-state index contributed by atoms with van der Waals surface area (Å²) >= 11 is 0. The Hall–Kier alpha value is -2.83. The normalized spacial score (nSPS) is 14.4. The fourth-order valence-corrected chi connectivity index (χ4v) is 3.13. The van der Waals surface area contributed by atoms with E-state index in [0.717, 1.165) is 11.4 Å². The molecule has 0 N–H and O–H groups in total. The van der Waals surface area contributed by atoms with Gasteiger partial charge in [0.2, 0.25) is 0 Å². The number of amides is 1. The standard InChI is InChI=1S/C20H22F2N2O3/c1-2-26-18-9-4-3-8-17(18)23-10-12-24(13-11-23)19(25)15-6-5-7-16(14-15)27-20(21)22/h3-9,14,20H,2,10-13H2,1H3. The van der Waals surface area contributed by atoms with Gasteiger partial charge in [0.15, 0.2) is 0 Å². The first-order valence-electron chi connectivity index (χ1n) is 8.89. The minimum atomic E-state index is -2.91. The number of halogens is 2. The minimum Gasteiger partial charge on any atom is -0.492 e. The number of piperazine rings is 1. The zero-order valence-electron chi connectivity index (χ0n) is 15.1. The number of ether oxygens (including phenoxy) is 2. The Labute approximate surface area is 157 Å². The Morgan fingerprint density at radius 2 is 1.81 bits per heavy atom.